The Labute approximate surface area is 207 Å². The zero-order chi connectivity index (χ0) is 25.7. The summed E-state index contributed by atoms with van der Waals surface area (Å²) >= 11 is 1.19. The van der Waals surface area contributed by atoms with Gasteiger partial charge in [-0.15, -0.1) is 11.8 Å². The summed E-state index contributed by atoms with van der Waals surface area (Å²) < 4.78 is 49.2. The fourth-order valence-corrected chi connectivity index (χ4v) is 4.26. The lowest BCUT2D eigenvalue weighted by molar-refractivity contribution is -0.184. The molecule has 4 rings (SSSR count). The summed E-state index contributed by atoms with van der Waals surface area (Å²) in [6.07, 6.45) is -2.29. The molecule has 9 nitrogen and oxygen atoms in total. The van der Waals surface area contributed by atoms with Crippen molar-refractivity contribution in [3.8, 4) is 0 Å². The number of rotatable bonds is 10. The Hall–Kier alpha value is -3.26. The van der Waals surface area contributed by atoms with Gasteiger partial charge in [0.15, 0.2) is 22.3 Å². The molecule has 2 heterocycles. The standard InChI is InChI=1S/C23H21F3N4O5S/c24-17-8-7-15(10-16(17)20(25)26)27-21(28-33)19-22(30-35-29-19)36-9-1-2-18(31)13-3-5-14(6-4-13)23(32)11-34-12-23/h3-8,10,20,32-33H,1-2,9,11-12H2,(H,27,28). The summed E-state index contributed by atoms with van der Waals surface area (Å²) in [6, 6.07) is 9.64. The van der Waals surface area contributed by atoms with Crippen molar-refractivity contribution in [2.75, 3.05) is 19.0 Å². The lowest BCUT2D eigenvalue weighted by atomic mass is 9.91. The van der Waals surface area contributed by atoms with Crippen molar-refractivity contribution >= 4 is 29.1 Å². The van der Waals surface area contributed by atoms with Crippen molar-refractivity contribution in [1.82, 2.24) is 15.8 Å². The molecule has 0 bridgehead atoms. The average Bonchev–Trinajstić information content (AvgIpc) is 3.32. The molecule has 0 saturated carbocycles. The number of ketones is 1. The average molecular weight is 523 g/mol. The lowest BCUT2D eigenvalue weighted by Crippen LogP contribution is -2.46. The summed E-state index contributed by atoms with van der Waals surface area (Å²) in [4.78, 5) is 16.5. The van der Waals surface area contributed by atoms with Crippen LogP contribution in [0.15, 0.2) is 57.1 Å². The number of nitrogens with zero attached hydrogens (tertiary/aromatic N) is 3. The highest BCUT2D eigenvalue weighted by molar-refractivity contribution is 7.99. The Morgan fingerprint density at radius 1 is 1.19 bits per heavy atom. The van der Waals surface area contributed by atoms with E-state index < -0.39 is 23.4 Å². The molecule has 1 aliphatic heterocycles. The molecule has 13 heteroatoms. The fraction of sp³-hybridized carbons (Fsp3) is 0.304. The van der Waals surface area contributed by atoms with Crippen LogP contribution in [0.2, 0.25) is 0 Å². The zero-order valence-electron chi connectivity index (χ0n) is 18.7. The molecular weight excluding hydrogens is 501 g/mol. The second-order valence-electron chi connectivity index (χ2n) is 7.97. The van der Waals surface area contributed by atoms with Crippen LogP contribution in [0.4, 0.5) is 18.9 Å². The Morgan fingerprint density at radius 3 is 2.58 bits per heavy atom. The van der Waals surface area contributed by atoms with Crippen molar-refractivity contribution in [3.63, 3.8) is 0 Å². The first-order chi connectivity index (χ1) is 17.3. The summed E-state index contributed by atoms with van der Waals surface area (Å²) in [5.74, 6) is -0.923. The van der Waals surface area contributed by atoms with Gasteiger partial charge in [-0.25, -0.2) is 22.8 Å². The van der Waals surface area contributed by atoms with Gasteiger partial charge in [-0.2, -0.15) is 0 Å². The highest BCUT2D eigenvalue weighted by atomic mass is 32.2. The molecule has 2 aromatic carbocycles. The maximum atomic E-state index is 13.5. The van der Waals surface area contributed by atoms with Crippen molar-refractivity contribution in [2.24, 2.45) is 4.99 Å². The van der Waals surface area contributed by atoms with E-state index in [1.165, 1.54) is 11.8 Å². The number of ether oxygens (including phenoxy) is 1. The summed E-state index contributed by atoms with van der Waals surface area (Å²) in [5.41, 5.74) is 1.21. The Balaban J connectivity index is 1.34. The number of carbonyl (C=O) groups excluding carboxylic acids is 1. The minimum atomic E-state index is -3.03. The number of aliphatic imine (C=N–C) groups is 1. The zero-order valence-corrected chi connectivity index (χ0v) is 19.5. The van der Waals surface area contributed by atoms with Crippen LogP contribution in [0, 0.1) is 5.82 Å². The molecule has 0 radical (unpaired) electrons. The van der Waals surface area contributed by atoms with Crippen molar-refractivity contribution in [2.45, 2.75) is 29.9 Å². The number of hydrogen-bond acceptors (Lipinski definition) is 9. The number of hydrogen-bond donors (Lipinski definition) is 3. The van der Waals surface area contributed by atoms with Gasteiger partial charge < -0.3 is 9.84 Å². The second-order valence-corrected chi connectivity index (χ2v) is 9.06. The molecule has 1 fully saturated rings. The van der Waals surface area contributed by atoms with Gasteiger partial charge in [0.1, 0.15) is 11.4 Å². The minimum Gasteiger partial charge on any atom is -0.380 e. The summed E-state index contributed by atoms with van der Waals surface area (Å²) in [5, 5.41) is 27.4. The van der Waals surface area contributed by atoms with E-state index in [0.717, 1.165) is 18.2 Å². The molecule has 0 aliphatic carbocycles. The van der Waals surface area contributed by atoms with E-state index in [1.807, 2.05) is 5.48 Å². The maximum Gasteiger partial charge on any atom is 0.266 e. The van der Waals surface area contributed by atoms with Gasteiger partial charge in [-0.1, -0.05) is 24.3 Å². The predicted octanol–water partition coefficient (Wildman–Crippen LogP) is 4.18. The number of nitrogens with one attached hydrogen (secondary N) is 1. The smallest absolute Gasteiger partial charge is 0.266 e. The molecule has 0 amide bonds. The van der Waals surface area contributed by atoms with Crippen molar-refractivity contribution in [1.29, 1.82) is 0 Å². The maximum absolute atomic E-state index is 13.5. The van der Waals surface area contributed by atoms with Gasteiger partial charge >= 0.3 is 0 Å². The van der Waals surface area contributed by atoms with Crippen LogP contribution in [-0.2, 0) is 10.3 Å². The molecule has 1 aromatic heterocycles. The van der Waals surface area contributed by atoms with E-state index in [-0.39, 0.29) is 47.7 Å². The third-order valence-electron chi connectivity index (χ3n) is 5.46. The largest absolute Gasteiger partial charge is 0.380 e. The molecule has 1 saturated heterocycles. The van der Waals surface area contributed by atoms with Crippen LogP contribution in [0.1, 0.15) is 46.4 Å². The predicted molar refractivity (Wildman–Crippen MR) is 122 cm³/mol. The quantitative estimate of drug-likeness (QED) is 0.0897. The summed E-state index contributed by atoms with van der Waals surface area (Å²) in [6.45, 7) is 0.463. The van der Waals surface area contributed by atoms with Gasteiger partial charge in [0, 0.05) is 17.7 Å². The number of benzene rings is 2. The Morgan fingerprint density at radius 2 is 1.94 bits per heavy atom. The van der Waals surface area contributed by atoms with Crippen LogP contribution in [0.3, 0.4) is 0 Å². The first-order valence-electron chi connectivity index (χ1n) is 10.8. The number of aromatic nitrogens is 2. The number of hydroxylamine groups is 1. The topological polar surface area (TPSA) is 130 Å². The third kappa shape index (κ3) is 5.75. The Kier molecular flexibility index (Phi) is 8.04. The van der Waals surface area contributed by atoms with Gasteiger partial charge in [0.05, 0.1) is 24.5 Å². The first kappa shape index (κ1) is 25.8. The fourth-order valence-electron chi connectivity index (χ4n) is 3.42. The van der Waals surface area contributed by atoms with Crippen LogP contribution in [0.25, 0.3) is 0 Å². The second kappa shape index (κ2) is 11.2. The number of amidine groups is 1. The number of alkyl halides is 2. The van der Waals surface area contributed by atoms with Gasteiger partial charge in [-0.3, -0.25) is 15.5 Å². The third-order valence-corrected chi connectivity index (χ3v) is 6.49. The van der Waals surface area contributed by atoms with Gasteiger partial charge in [0.2, 0.25) is 0 Å². The van der Waals surface area contributed by atoms with Crippen LogP contribution < -0.4 is 5.48 Å². The van der Waals surface area contributed by atoms with E-state index >= 15 is 0 Å². The summed E-state index contributed by atoms with van der Waals surface area (Å²) in [7, 11) is 0. The van der Waals surface area contributed by atoms with E-state index in [9.17, 15) is 28.3 Å². The molecule has 190 valence electrons. The van der Waals surface area contributed by atoms with Gasteiger partial charge in [0.25, 0.3) is 6.43 Å². The Bertz CT molecular complexity index is 1250. The SMILES string of the molecule is O=C(CCCSc1nonc1C(=Nc1ccc(F)c(C(F)F)c1)NO)c1ccc(C2(O)COC2)cc1. The molecule has 36 heavy (non-hydrogen) atoms. The van der Waals surface area contributed by atoms with Crippen LogP contribution in [-0.4, -0.2) is 51.2 Å². The van der Waals surface area contributed by atoms with Gasteiger partial charge in [-0.05, 0) is 40.5 Å². The highest BCUT2D eigenvalue weighted by Crippen LogP contribution is 2.30. The monoisotopic (exact) mass is 522 g/mol. The van der Waals surface area contributed by atoms with Crippen molar-refractivity contribution in [3.05, 3.63) is 70.7 Å². The molecular formula is C23H21F3N4O5S. The first-order valence-corrected chi connectivity index (χ1v) is 11.8. The van der Waals surface area contributed by atoms with Crippen LogP contribution in [0.5, 0.6) is 0 Å². The number of aliphatic hydroxyl groups is 1. The van der Waals surface area contributed by atoms with E-state index in [2.05, 4.69) is 15.3 Å². The lowest BCUT2D eigenvalue weighted by Gasteiger charge is -2.36. The van der Waals surface area contributed by atoms with E-state index in [0.29, 0.717) is 23.3 Å². The molecule has 3 aromatic rings. The molecule has 0 atom stereocenters. The van der Waals surface area contributed by atoms with Crippen LogP contribution >= 0.6 is 11.8 Å². The highest BCUT2D eigenvalue weighted by Gasteiger charge is 2.37. The molecule has 0 spiro atoms. The van der Waals surface area contributed by atoms with Crippen molar-refractivity contribution < 1.29 is 37.6 Å². The molecule has 1 aliphatic rings. The minimum absolute atomic E-state index is 0.0187. The molecule has 0 unspecified atom stereocenters. The number of thioether (sulfide) groups is 1. The van der Waals surface area contributed by atoms with E-state index in [4.69, 9.17) is 9.37 Å². The number of Topliss-reactive ketones (excluding diaryl/α,β-unsaturated/α-hetero) is 1. The molecule has 3 N–H and O–H groups in total. The number of carbonyl (C=O) groups is 1. The normalized spacial score (nSPS) is 15.1. The number of halogens is 3. The van der Waals surface area contributed by atoms with E-state index in [1.54, 1.807) is 24.3 Å².